The molecule has 0 radical (unpaired) electrons. The minimum Gasteiger partial charge on any atom is -0.299 e. The van der Waals surface area contributed by atoms with Crippen molar-refractivity contribution in [1.29, 1.82) is 0 Å². The van der Waals surface area contributed by atoms with Crippen molar-refractivity contribution in [2.24, 2.45) is 0 Å². The van der Waals surface area contributed by atoms with Gasteiger partial charge in [0.05, 0.1) is 6.54 Å². The second-order valence-corrected chi connectivity index (χ2v) is 7.29. The molecule has 0 aliphatic heterocycles. The Morgan fingerprint density at radius 2 is 1.92 bits per heavy atom. The van der Waals surface area contributed by atoms with Crippen molar-refractivity contribution in [2.75, 3.05) is 13.6 Å². The van der Waals surface area contributed by atoms with Gasteiger partial charge in [0, 0.05) is 16.5 Å². The van der Waals surface area contributed by atoms with E-state index in [4.69, 9.17) is 0 Å². The summed E-state index contributed by atoms with van der Waals surface area (Å²) in [4.78, 5) is 5.57. The summed E-state index contributed by atoms with van der Waals surface area (Å²) in [6.07, 6.45) is 3.43. The second kappa shape index (κ2) is 8.87. The molecule has 2 heterocycles. The zero-order chi connectivity index (χ0) is 17.5. The molecule has 1 aromatic carbocycles. The Balaban J connectivity index is 1.37. The summed E-state index contributed by atoms with van der Waals surface area (Å²) < 4.78 is 0. The molecular weight excluding hydrogens is 330 g/mol. The Morgan fingerprint density at radius 1 is 1.08 bits per heavy atom. The van der Waals surface area contributed by atoms with Crippen LogP contribution in [-0.2, 0) is 6.54 Å². The first-order chi connectivity index (χ1) is 12.2. The maximum absolute atomic E-state index is 4.46. The fourth-order valence-electron chi connectivity index (χ4n) is 2.77. The Bertz CT molecular complexity index is 738. The molecule has 132 valence electrons. The van der Waals surface area contributed by atoms with Crippen molar-refractivity contribution in [3.8, 4) is 11.4 Å². The third-order valence-corrected chi connectivity index (χ3v) is 5.51. The summed E-state index contributed by atoms with van der Waals surface area (Å²) >= 11 is 1.83. The molecule has 25 heavy (non-hydrogen) atoms. The molecule has 3 rings (SSSR count). The molecule has 0 fully saturated rings. The van der Waals surface area contributed by atoms with Gasteiger partial charge in [-0.25, -0.2) is 0 Å². The maximum atomic E-state index is 4.46. The summed E-state index contributed by atoms with van der Waals surface area (Å²) in [5.74, 6) is 0.699. The lowest BCUT2D eigenvalue weighted by Crippen LogP contribution is -2.22. The fraction of sp³-hybridized carbons (Fsp3) is 0.421. The number of nitrogens with zero attached hydrogens (tertiary/aromatic N) is 5. The second-order valence-electron chi connectivity index (χ2n) is 6.31. The minimum atomic E-state index is 0.491. The van der Waals surface area contributed by atoms with Gasteiger partial charge in [-0.15, -0.1) is 21.5 Å². The summed E-state index contributed by atoms with van der Waals surface area (Å²) in [5, 5.41) is 14.9. The molecule has 0 aliphatic carbocycles. The molecule has 0 bridgehead atoms. The van der Waals surface area contributed by atoms with Crippen LogP contribution in [0, 0.1) is 0 Å². The van der Waals surface area contributed by atoms with Gasteiger partial charge in [-0.05, 0) is 50.0 Å². The van der Waals surface area contributed by atoms with Crippen LogP contribution in [0.25, 0.3) is 11.4 Å². The van der Waals surface area contributed by atoms with Gasteiger partial charge in [0.25, 0.3) is 0 Å². The van der Waals surface area contributed by atoms with Crippen molar-refractivity contribution in [1.82, 2.24) is 25.1 Å². The van der Waals surface area contributed by atoms with E-state index in [-0.39, 0.29) is 0 Å². The number of tetrazole rings is 1. The van der Waals surface area contributed by atoms with Crippen molar-refractivity contribution < 1.29 is 0 Å². The van der Waals surface area contributed by atoms with Crippen molar-refractivity contribution in [2.45, 2.75) is 38.8 Å². The largest absolute Gasteiger partial charge is 0.299 e. The van der Waals surface area contributed by atoms with Crippen LogP contribution in [0.15, 0.2) is 47.8 Å². The van der Waals surface area contributed by atoms with Gasteiger partial charge >= 0.3 is 0 Å². The molecule has 6 heteroatoms. The molecule has 0 saturated heterocycles. The van der Waals surface area contributed by atoms with Gasteiger partial charge in [-0.3, -0.25) is 4.90 Å². The van der Waals surface area contributed by atoms with E-state index < -0.39 is 0 Å². The first-order valence-corrected chi connectivity index (χ1v) is 9.69. The highest BCUT2D eigenvalue weighted by Crippen LogP contribution is 2.23. The number of aryl methyl sites for hydroxylation is 1. The minimum absolute atomic E-state index is 0.491. The number of unbranched alkanes of at least 4 members (excludes halogenated alkanes) is 2. The van der Waals surface area contributed by atoms with Crippen LogP contribution >= 0.6 is 11.3 Å². The lowest BCUT2D eigenvalue weighted by atomic mass is 10.2. The molecule has 0 aliphatic rings. The lowest BCUT2D eigenvalue weighted by Gasteiger charge is -2.23. The molecule has 0 amide bonds. The van der Waals surface area contributed by atoms with Gasteiger partial charge in [0.2, 0.25) is 5.82 Å². The Kier molecular flexibility index (Phi) is 6.30. The van der Waals surface area contributed by atoms with Crippen molar-refractivity contribution >= 4 is 11.3 Å². The molecule has 0 spiro atoms. The molecule has 2 aromatic heterocycles. The van der Waals surface area contributed by atoms with Crippen LogP contribution in [0.4, 0.5) is 0 Å². The molecule has 0 N–H and O–H groups in total. The third-order valence-electron chi connectivity index (χ3n) is 4.47. The maximum Gasteiger partial charge on any atom is 0.204 e. The van der Waals surface area contributed by atoms with Crippen LogP contribution in [0.5, 0.6) is 0 Å². The summed E-state index contributed by atoms with van der Waals surface area (Å²) in [7, 11) is 2.20. The average molecular weight is 356 g/mol. The van der Waals surface area contributed by atoms with E-state index in [2.05, 4.69) is 51.8 Å². The SMILES string of the molecule is CC(c1cccs1)N(C)CCCCCn1nnc(-c2ccccc2)n1. The van der Waals surface area contributed by atoms with Gasteiger partial charge in [0.15, 0.2) is 0 Å². The molecular formula is C19H25N5S. The highest BCUT2D eigenvalue weighted by Gasteiger charge is 2.11. The first-order valence-electron chi connectivity index (χ1n) is 8.81. The number of benzene rings is 1. The fourth-order valence-corrected chi connectivity index (χ4v) is 3.62. The number of hydrogen-bond donors (Lipinski definition) is 0. The number of thiophene rings is 1. The van der Waals surface area contributed by atoms with Crippen LogP contribution in [0.2, 0.25) is 0 Å². The van der Waals surface area contributed by atoms with Crippen LogP contribution < -0.4 is 0 Å². The Hall–Kier alpha value is -2.05. The molecule has 1 unspecified atom stereocenters. The van der Waals surface area contributed by atoms with E-state index >= 15 is 0 Å². The van der Waals surface area contributed by atoms with E-state index in [9.17, 15) is 0 Å². The Labute approximate surface area is 153 Å². The van der Waals surface area contributed by atoms with Crippen molar-refractivity contribution in [3.63, 3.8) is 0 Å². The quantitative estimate of drug-likeness (QED) is 0.538. The molecule has 5 nitrogen and oxygen atoms in total. The third kappa shape index (κ3) is 4.96. The number of hydrogen-bond acceptors (Lipinski definition) is 5. The zero-order valence-corrected chi connectivity index (χ0v) is 15.7. The van der Waals surface area contributed by atoms with E-state index in [1.807, 2.05) is 41.7 Å². The first kappa shape index (κ1) is 17.8. The molecule has 1 atom stereocenters. The zero-order valence-electron chi connectivity index (χ0n) is 14.9. The average Bonchev–Trinajstić information content (AvgIpc) is 3.33. The van der Waals surface area contributed by atoms with Crippen LogP contribution in [0.1, 0.15) is 37.1 Å². The topological polar surface area (TPSA) is 46.8 Å². The van der Waals surface area contributed by atoms with E-state index in [1.54, 1.807) is 4.80 Å². The predicted molar refractivity (Wildman–Crippen MR) is 102 cm³/mol. The molecule has 0 saturated carbocycles. The van der Waals surface area contributed by atoms with E-state index in [0.29, 0.717) is 11.9 Å². The summed E-state index contributed by atoms with van der Waals surface area (Å²) in [5.41, 5.74) is 1.01. The highest BCUT2D eigenvalue weighted by molar-refractivity contribution is 7.10. The van der Waals surface area contributed by atoms with Gasteiger partial charge in [-0.1, -0.05) is 42.8 Å². The predicted octanol–water partition coefficient (Wildman–Crippen LogP) is 4.26. The highest BCUT2D eigenvalue weighted by atomic mass is 32.1. The summed E-state index contributed by atoms with van der Waals surface area (Å²) in [6.45, 7) is 4.21. The monoisotopic (exact) mass is 355 g/mol. The van der Waals surface area contributed by atoms with Gasteiger partial charge < -0.3 is 0 Å². The molecule has 3 aromatic rings. The van der Waals surface area contributed by atoms with E-state index in [1.165, 1.54) is 17.7 Å². The normalized spacial score (nSPS) is 12.6. The van der Waals surface area contributed by atoms with Gasteiger partial charge in [0.1, 0.15) is 0 Å². The van der Waals surface area contributed by atoms with Crippen molar-refractivity contribution in [3.05, 3.63) is 52.7 Å². The Morgan fingerprint density at radius 3 is 2.68 bits per heavy atom. The van der Waals surface area contributed by atoms with Gasteiger partial charge in [-0.2, -0.15) is 4.80 Å². The van der Waals surface area contributed by atoms with Crippen LogP contribution in [-0.4, -0.2) is 38.7 Å². The number of aromatic nitrogens is 4. The van der Waals surface area contributed by atoms with E-state index in [0.717, 1.165) is 25.1 Å². The standard InChI is InChI=1S/C19H25N5S/c1-16(18-12-9-15-25-18)23(2)13-7-4-8-14-24-21-19(20-22-24)17-10-5-3-6-11-17/h3,5-6,9-12,15-16H,4,7-8,13-14H2,1-2H3. The summed E-state index contributed by atoms with van der Waals surface area (Å²) in [6, 6.07) is 14.8. The lowest BCUT2D eigenvalue weighted by molar-refractivity contribution is 0.257. The van der Waals surface area contributed by atoms with Crippen LogP contribution in [0.3, 0.4) is 0 Å². The smallest absolute Gasteiger partial charge is 0.204 e. The number of rotatable bonds is 9.